The fraction of sp³-hybridized carbons (Fsp3) is 0.364. The first kappa shape index (κ1) is 8.74. The van der Waals surface area contributed by atoms with Gasteiger partial charge >= 0.3 is 0 Å². The summed E-state index contributed by atoms with van der Waals surface area (Å²) in [6.45, 7) is 2.24. The van der Waals surface area contributed by atoms with Crippen molar-refractivity contribution in [2.75, 3.05) is 0 Å². The third-order valence-electron chi connectivity index (χ3n) is 2.87. The predicted octanol–water partition coefficient (Wildman–Crippen LogP) is 3.72. The summed E-state index contributed by atoms with van der Waals surface area (Å²) >= 11 is 3.58. The van der Waals surface area contributed by atoms with Gasteiger partial charge in [0.15, 0.2) is 4.34 Å². The van der Waals surface area contributed by atoms with Crippen LogP contribution in [0.5, 0.6) is 0 Å². The summed E-state index contributed by atoms with van der Waals surface area (Å²) in [4.78, 5) is 5.81. The Morgan fingerprint density at radius 1 is 1.43 bits per heavy atom. The molecule has 1 saturated carbocycles. The number of nitrogens with zero attached hydrogens (tertiary/aromatic N) is 1. The van der Waals surface area contributed by atoms with Crippen molar-refractivity contribution >= 4 is 23.1 Å². The lowest BCUT2D eigenvalue weighted by Crippen LogP contribution is -1.92. The number of allylic oxidation sites excluding steroid dienone is 4. The van der Waals surface area contributed by atoms with Crippen LogP contribution in [0.3, 0.4) is 0 Å². The normalized spacial score (nSPS) is 29.2. The van der Waals surface area contributed by atoms with Crippen molar-refractivity contribution in [1.29, 1.82) is 0 Å². The molecular formula is C11H11NS2. The van der Waals surface area contributed by atoms with Gasteiger partial charge in [-0.25, -0.2) is 4.98 Å². The lowest BCUT2D eigenvalue weighted by atomic mass is 10.1. The molecule has 2 atom stereocenters. The maximum Gasteiger partial charge on any atom is 0.154 e. The zero-order chi connectivity index (χ0) is 9.54. The molecule has 1 heterocycles. The second-order valence-corrected chi connectivity index (χ2v) is 6.04. The Labute approximate surface area is 91.9 Å². The van der Waals surface area contributed by atoms with Crippen LogP contribution < -0.4 is 0 Å². The maximum atomic E-state index is 4.30. The molecule has 0 aliphatic heterocycles. The highest BCUT2D eigenvalue weighted by Crippen LogP contribution is 2.55. The van der Waals surface area contributed by atoms with Crippen LogP contribution in [0, 0.1) is 11.8 Å². The number of aromatic nitrogens is 1. The van der Waals surface area contributed by atoms with E-state index in [4.69, 9.17) is 0 Å². The average molecular weight is 221 g/mol. The van der Waals surface area contributed by atoms with E-state index >= 15 is 0 Å². The molecule has 3 rings (SSSR count). The van der Waals surface area contributed by atoms with Gasteiger partial charge in [0.2, 0.25) is 0 Å². The van der Waals surface area contributed by atoms with E-state index in [1.54, 1.807) is 16.9 Å². The minimum absolute atomic E-state index is 0.814. The molecule has 1 fully saturated rings. The highest BCUT2D eigenvalue weighted by molar-refractivity contribution is 8.04. The molecule has 2 unspecified atom stereocenters. The predicted molar refractivity (Wildman–Crippen MR) is 61.4 cm³/mol. The molecule has 0 radical (unpaired) electrons. The Hall–Kier alpha value is -0.540. The monoisotopic (exact) mass is 221 g/mol. The molecule has 0 amide bonds. The molecule has 2 aliphatic carbocycles. The molecule has 1 nitrogen and oxygen atoms in total. The summed E-state index contributed by atoms with van der Waals surface area (Å²) in [5, 5.41) is 2.04. The summed E-state index contributed by atoms with van der Waals surface area (Å²) in [6, 6.07) is 0. The Morgan fingerprint density at radius 3 is 3.14 bits per heavy atom. The highest BCUT2D eigenvalue weighted by Gasteiger charge is 2.42. The Bertz CT molecular complexity index is 403. The molecule has 14 heavy (non-hydrogen) atoms. The minimum atomic E-state index is 0.814. The first-order valence-corrected chi connectivity index (χ1v) is 6.50. The third kappa shape index (κ3) is 1.44. The summed E-state index contributed by atoms with van der Waals surface area (Å²) in [5.74, 6) is 1.66. The van der Waals surface area contributed by atoms with Gasteiger partial charge in [0.25, 0.3) is 0 Å². The van der Waals surface area contributed by atoms with Crippen LogP contribution in [-0.2, 0) is 0 Å². The van der Waals surface area contributed by atoms with Gasteiger partial charge in [0.05, 0.1) is 0 Å². The molecule has 72 valence electrons. The topological polar surface area (TPSA) is 12.9 Å². The lowest BCUT2D eigenvalue weighted by molar-refractivity contribution is 0.899. The molecular weight excluding hydrogens is 210 g/mol. The van der Waals surface area contributed by atoms with Crippen molar-refractivity contribution in [2.24, 2.45) is 11.8 Å². The third-order valence-corrected chi connectivity index (χ3v) is 4.92. The zero-order valence-corrected chi connectivity index (χ0v) is 9.57. The molecule has 0 N–H and O–H groups in total. The maximum absolute atomic E-state index is 4.30. The summed E-state index contributed by atoms with van der Waals surface area (Å²) in [5.41, 5.74) is 1.55. The average Bonchev–Trinajstić information content (AvgIpc) is 2.84. The Kier molecular flexibility index (Phi) is 2.03. The van der Waals surface area contributed by atoms with E-state index in [9.17, 15) is 0 Å². The van der Waals surface area contributed by atoms with Crippen molar-refractivity contribution in [1.82, 2.24) is 4.98 Å². The smallest absolute Gasteiger partial charge is 0.154 e. The fourth-order valence-corrected chi connectivity index (χ4v) is 3.82. The fourth-order valence-electron chi connectivity index (χ4n) is 1.94. The van der Waals surface area contributed by atoms with Gasteiger partial charge in [0, 0.05) is 11.6 Å². The zero-order valence-electron chi connectivity index (χ0n) is 7.93. The molecule has 0 saturated heterocycles. The van der Waals surface area contributed by atoms with Crippen molar-refractivity contribution in [3.63, 3.8) is 0 Å². The Balaban J connectivity index is 1.81. The van der Waals surface area contributed by atoms with Gasteiger partial charge in [-0.05, 0) is 30.1 Å². The quantitative estimate of drug-likeness (QED) is 0.755. The van der Waals surface area contributed by atoms with E-state index < -0.39 is 0 Å². The van der Waals surface area contributed by atoms with Crippen LogP contribution in [0.1, 0.15) is 13.3 Å². The SMILES string of the molecule is CC1=CC=C(Sc2nccs2)C2CC12. The van der Waals surface area contributed by atoms with E-state index in [-0.39, 0.29) is 0 Å². The number of thiazole rings is 1. The van der Waals surface area contributed by atoms with E-state index in [2.05, 4.69) is 24.1 Å². The van der Waals surface area contributed by atoms with Gasteiger partial charge in [0.1, 0.15) is 0 Å². The largest absolute Gasteiger partial charge is 0.238 e. The number of fused-ring (bicyclic) bond motifs is 1. The number of hydrogen-bond donors (Lipinski definition) is 0. The van der Waals surface area contributed by atoms with Crippen molar-refractivity contribution in [3.8, 4) is 0 Å². The van der Waals surface area contributed by atoms with Crippen LogP contribution in [-0.4, -0.2) is 4.98 Å². The second kappa shape index (κ2) is 3.24. The van der Waals surface area contributed by atoms with Crippen molar-refractivity contribution in [3.05, 3.63) is 34.2 Å². The van der Waals surface area contributed by atoms with Gasteiger partial charge < -0.3 is 0 Å². The van der Waals surface area contributed by atoms with Gasteiger partial charge in [-0.15, -0.1) is 11.3 Å². The van der Waals surface area contributed by atoms with Crippen molar-refractivity contribution in [2.45, 2.75) is 17.7 Å². The summed E-state index contributed by atoms with van der Waals surface area (Å²) in [7, 11) is 0. The van der Waals surface area contributed by atoms with Crippen LogP contribution >= 0.6 is 23.1 Å². The van der Waals surface area contributed by atoms with E-state index in [1.807, 2.05) is 23.3 Å². The molecule has 3 heteroatoms. The molecule has 0 bridgehead atoms. The highest BCUT2D eigenvalue weighted by atomic mass is 32.2. The lowest BCUT2D eigenvalue weighted by Gasteiger charge is -2.08. The second-order valence-electron chi connectivity index (χ2n) is 3.83. The van der Waals surface area contributed by atoms with Crippen LogP contribution in [0.25, 0.3) is 0 Å². The van der Waals surface area contributed by atoms with Crippen LogP contribution in [0.4, 0.5) is 0 Å². The molecule has 0 aromatic carbocycles. The van der Waals surface area contributed by atoms with E-state index in [0.29, 0.717) is 0 Å². The first-order chi connectivity index (χ1) is 6.84. The molecule has 1 aromatic rings. The first-order valence-electron chi connectivity index (χ1n) is 4.80. The van der Waals surface area contributed by atoms with Gasteiger partial charge in [-0.2, -0.15) is 0 Å². The standard InChI is InChI=1S/C11H11NS2/c1-7-2-3-10(9-6-8(7)9)14-11-12-4-5-13-11/h2-5,8-9H,6H2,1H3. The molecule has 2 aliphatic rings. The number of thioether (sulfide) groups is 1. The van der Waals surface area contributed by atoms with Crippen LogP contribution in [0.15, 0.2) is 38.5 Å². The van der Waals surface area contributed by atoms with E-state index in [0.717, 1.165) is 11.8 Å². The van der Waals surface area contributed by atoms with Crippen molar-refractivity contribution < 1.29 is 0 Å². The van der Waals surface area contributed by atoms with E-state index in [1.165, 1.54) is 15.7 Å². The number of hydrogen-bond acceptors (Lipinski definition) is 3. The molecule has 0 spiro atoms. The van der Waals surface area contributed by atoms with Gasteiger partial charge in [-0.3, -0.25) is 0 Å². The minimum Gasteiger partial charge on any atom is -0.238 e. The number of rotatable bonds is 2. The summed E-state index contributed by atoms with van der Waals surface area (Å²) < 4.78 is 1.18. The Morgan fingerprint density at radius 2 is 2.36 bits per heavy atom. The van der Waals surface area contributed by atoms with Crippen LogP contribution in [0.2, 0.25) is 0 Å². The summed E-state index contributed by atoms with van der Waals surface area (Å²) in [6.07, 6.45) is 7.77. The van der Waals surface area contributed by atoms with Gasteiger partial charge in [-0.1, -0.05) is 29.5 Å². The molecule has 1 aromatic heterocycles.